The molecule has 3 heterocycles. The molecule has 0 N–H and O–H groups in total. The number of ether oxygens (including phenoxy) is 1. The van der Waals surface area contributed by atoms with E-state index in [1.165, 1.54) is 16.7 Å². The third-order valence-corrected chi connectivity index (χ3v) is 8.69. The Balaban J connectivity index is 1.62. The zero-order chi connectivity index (χ0) is 32.1. The van der Waals surface area contributed by atoms with Crippen LogP contribution in [0.1, 0.15) is 75.4 Å². The maximum absolute atomic E-state index is 16.2. The molecule has 5 rings (SSSR count). The van der Waals surface area contributed by atoms with Gasteiger partial charge in [0, 0.05) is 36.0 Å². The van der Waals surface area contributed by atoms with Crippen molar-refractivity contribution < 1.29 is 35.9 Å². The number of aromatic nitrogens is 1. The van der Waals surface area contributed by atoms with Gasteiger partial charge in [-0.05, 0) is 82.3 Å². The quantitative estimate of drug-likeness (QED) is 0.250. The molecule has 2 aliphatic rings. The number of carbonyl (C=O) groups is 1. The first-order valence-corrected chi connectivity index (χ1v) is 15.0. The molecule has 3 aromatic rings. The Kier molecular flexibility index (Phi) is 8.85. The largest absolute Gasteiger partial charge is 0.443 e. The molecule has 44 heavy (non-hydrogen) atoms. The molecule has 0 aliphatic carbocycles. The van der Waals surface area contributed by atoms with Crippen molar-refractivity contribution in [3.63, 3.8) is 0 Å². The molecule has 0 saturated carbocycles. The lowest BCUT2D eigenvalue weighted by Gasteiger charge is -2.42. The summed E-state index contributed by atoms with van der Waals surface area (Å²) in [5, 5.41) is 0.615. The molecule has 0 amide bonds. The van der Waals surface area contributed by atoms with Crippen LogP contribution in [0.15, 0.2) is 36.4 Å². The molecular weight excluding hydrogens is 584 g/mol. The molecule has 240 valence electrons. The predicted molar refractivity (Wildman–Crippen MR) is 157 cm³/mol. The van der Waals surface area contributed by atoms with Crippen molar-refractivity contribution in [1.29, 1.82) is 0 Å². The van der Waals surface area contributed by atoms with Crippen LogP contribution in [0, 0.1) is 17.6 Å². The maximum atomic E-state index is 16.2. The average Bonchev–Trinajstić information content (AvgIpc) is 3.21. The van der Waals surface area contributed by atoms with Crippen molar-refractivity contribution in [2.45, 2.75) is 77.2 Å². The van der Waals surface area contributed by atoms with Crippen molar-refractivity contribution in [3.8, 4) is 0 Å². The summed E-state index contributed by atoms with van der Waals surface area (Å²) in [6.07, 6.45) is -4.80. The summed E-state index contributed by atoms with van der Waals surface area (Å²) in [6, 6.07) is 6.91. The molecule has 1 fully saturated rings. The summed E-state index contributed by atoms with van der Waals surface area (Å²) in [5.74, 6) is -2.19. The molecule has 3 atom stereocenters. The first-order valence-electron chi connectivity index (χ1n) is 15.0. The molecular formula is C33H39F6N3O2. The van der Waals surface area contributed by atoms with E-state index < -0.39 is 53.7 Å². The van der Waals surface area contributed by atoms with Crippen molar-refractivity contribution in [1.82, 2.24) is 14.4 Å². The van der Waals surface area contributed by atoms with Gasteiger partial charge in [0.05, 0.1) is 30.5 Å². The number of likely N-dealkylation sites (tertiary alicyclic amines) is 1. The summed E-state index contributed by atoms with van der Waals surface area (Å²) >= 11 is 0. The van der Waals surface area contributed by atoms with Crippen molar-refractivity contribution in [2.75, 3.05) is 32.9 Å². The van der Waals surface area contributed by atoms with Crippen LogP contribution in [-0.2, 0) is 11.2 Å². The van der Waals surface area contributed by atoms with Crippen LogP contribution >= 0.6 is 0 Å². The monoisotopic (exact) mass is 623 g/mol. The molecule has 2 aliphatic heterocycles. The molecule has 2 aromatic carbocycles. The Morgan fingerprint density at radius 3 is 2.30 bits per heavy atom. The third kappa shape index (κ3) is 6.49. The maximum Gasteiger partial charge on any atom is 0.419 e. The van der Waals surface area contributed by atoms with Gasteiger partial charge in [-0.1, -0.05) is 25.1 Å². The Hall–Kier alpha value is -3.05. The lowest BCUT2D eigenvalue weighted by atomic mass is 9.86. The van der Waals surface area contributed by atoms with E-state index in [0.717, 1.165) is 4.90 Å². The number of hydrogen-bond donors (Lipinski definition) is 0. The topological polar surface area (TPSA) is 37.7 Å². The molecule has 0 spiro atoms. The van der Waals surface area contributed by atoms with E-state index in [1.54, 1.807) is 52.0 Å². The fraction of sp³-hybridized carbons (Fsp3) is 0.545. The van der Waals surface area contributed by atoms with Gasteiger partial charge in [-0.2, -0.15) is 13.2 Å². The number of nitrogens with zero attached hydrogens (tertiary/aromatic N) is 3. The van der Waals surface area contributed by atoms with Crippen molar-refractivity contribution >= 4 is 17.0 Å². The van der Waals surface area contributed by atoms with E-state index in [2.05, 4.69) is 4.90 Å². The number of benzene rings is 2. The lowest BCUT2D eigenvalue weighted by molar-refractivity contribution is -0.155. The average molecular weight is 624 g/mol. The zero-order valence-electron chi connectivity index (χ0n) is 25.6. The van der Waals surface area contributed by atoms with Gasteiger partial charge in [-0.3, -0.25) is 9.29 Å². The summed E-state index contributed by atoms with van der Waals surface area (Å²) < 4.78 is 94.1. The van der Waals surface area contributed by atoms with Crippen LogP contribution in [0.3, 0.4) is 0 Å². The van der Waals surface area contributed by atoms with Crippen LogP contribution in [0.4, 0.5) is 31.1 Å². The second-order valence-electron chi connectivity index (χ2n) is 13.3. The van der Waals surface area contributed by atoms with Gasteiger partial charge < -0.3 is 9.64 Å². The number of carbonyl (C=O) groups excluding carboxylic acids is 1. The van der Waals surface area contributed by atoms with Gasteiger partial charge in [-0.15, -0.1) is 0 Å². The number of para-hydroxylation sites is 1. The van der Waals surface area contributed by atoms with Gasteiger partial charge in [0.2, 0.25) is 0 Å². The second-order valence-corrected chi connectivity index (χ2v) is 13.3. The number of fused-ring (bicyclic) bond motifs is 3. The second kappa shape index (κ2) is 12.0. The predicted octanol–water partition coefficient (Wildman–Crippen LogP) is 8.00. The Bertz CT molecular complexity index is 1500. The molecule has 0 bridgehead atoms. The first-order chi connectivity index (χ1) is 20.6. The number of hydrogen-bond acceptors (Lipinski definition) is 4. The van der Waals surface area contributed by atoms with Gasteiger partial charge in [0.25, 0.3) is 0 Å². The first kappa shape index (κ1) is 32.3. The van der Waals surface area contributed by atoms with Gasteiger partial charge in [-0.25, -0.2) is 18.1 Å². The minimum absolute atomic E-state index is 0.0261. The van der Waals surface area contributed by atoms with E-state index in [0.29, 0.717) is 48.1 Å². The van der Waals surface area contributed by atoms with Gasteiger partial charge >= 0.3 is 12.3 Å². The van der Waals surface area contributed by atoms with E-state index in [1.807, 2.05) is 6.92 Å². The SMILES string of the molecule is C[C@H](CCN1CC(CF)C1)c1cc(F)c([C@@H]2c3c(c4ccccc4n3C(=O)OC(C)(C)C)C[C@@H](C)N2CC(F)(F)F)c(F)c1. The molecule has 1 saturated heterocycles. The Labute approximate surface area is 253 Å². The smallest absolute Gasteiger partial charge is 0.419 e. The van der Waals surface area contributed by atoms with Crippen LogP contribution < -0.4 is 0 Å². The fourth-order valence-corrected chi connectivity index (χ4v) is 6.56. The summed E-state index contributed by atoms with van der Waals surface area (Å²) in [5.41, 5.74) is -0.0777. The minimum Gasteiger partial charge on any atom is -0.443 e. The normalized spacial score (nSPS) is 20.9. The van der Waals surface area contributed by atoms with E-state index in [9.17, 15) is 22.4 Å². The van der Waals surface area contributed by atoms with Crippen LogP contribution in [0.5, 0.6) is 0 Å². The third-order valence-electron chi connectivity index (χ3n) is 8.69. The fourth-order valence-electron chi connectivity index (χ4n) is 6.56. The van der Waals surface area contributed by atoms with Crippen LogP contribution in [-0.4, -0.2) is 71.1 Å². The Morgan fingerprint density at radius 2 is 1.70 bits per heavy atom. The van der Waals surface area contributed by atoms with Crippen molar-refractivity contribution in [2.24, 2.45) is 5.92 Å². The number of halogens is 6. The molecule has 1 aromatic heterocycles. The van der Waals surface area contributed by atoms with Crippen molar-refractivity contribution in [3.05, 3.63) is 70.4 Å². The standard InChI is InChI=1S/C33H39F6N3O2/c1-19(10-11-40-16-21(15-34)17-40)22-13-25(35)28(26(36)14-22)30-29-24(12-20(2)41(30)18-33(37,38)39)23-8-6-7-9-27(23)42(29)31(43)44-32(3,4)5/h6-9,13-14,19-21,30H,10-12,15-18H2,1-5H3/t19-,20-,30-/m1/s1. The van der Waals surface area contributed by atoms with E-state index in [4.69, 9.17) is 4.74 Å². The highest BCUT2D eigenvalue weighted by atomic mass is 19.4. The highest BCUT2D eigenvalue weighted by molar-refractivity contribution is 5.94. The minimum atomic E-state index is -4.67. The number of alkyl halides is 4. The Morgan fingerprint density at radius 1 is 1.07 bits per heavy atom. The zero-order valence-corrected chi connectivity index (χ0v) is 25.6. The summed E-state index contributed by atoms with van der Waals surface area (Å²) in [4.78, 5) is 16.8. The molecule has 11 heteroatoms. The number of rotatable bonds is 7. The van der Waals surface area contributed by atoms with E-state index >= 15 is 8.78 Å². The molecule has 5 nitrogen and oxygen atoms in total. The molecule has 0 radical (unpaired) electrons. The van der Waals surface area contributed by atoms with E-state index in [-0.39, 0.29) is 30.6 Å². The summed E-state index contributed by atoms with van der Waals surface area (Å²) in [7, 11) is 0. The van der Waals surface area contributed by atoms with Gasteiger partial charge in [0.1, 0.15) is 17.2 Å². The molecule has 0 unspecified atom stereocenters. The van der Waals surface area contributed by atoms with Crippen LogP contribution in [0.25, 0.3) is 10.9 Å². The van der Waals surface area contributed by atoms with Crippen LogP contribution in [0.2, 0.25) is 0 Å². The van der Waals surface area contributed by atoms with Gasteiger partial charge in [0.15, 0.2) is 0 Å². The highest BCUT2D eigenvalue weighted by Crippen LogP contribution is 2.46. The summed E-state index contributed by atoms with van der Waals surface area (Å²) in [6.45, 7) is 8.55. The lowest BCUT2D eigenvalue weighted by Crippen LogP contribution is -2.48. The highest BCUT2D eigenvalue weighted by Gasteiger charge is 2.46.